The lowest BCUT2D eigenvalue weighted by atomic mass is 10.1. The van der Waals surface area contributed by atoms with Crippen LogP contribution in [0, 0.1) is 0 Å². The molecule has 19 heavy (non-hydrogen) atoms. The largest absolute Gasteiger partial charge is 0.365 e. The van der Waals surface area contributed by atoms with Crippen LogP contribution in [-0.4, -0.2) is 23.8 Å². The van der Waals surface area contributed by atoms with E-state index in [0.717, 1.165) is 11.3 Å². The number of benzene rings is 2. The molecule has 0 saturated carbocycles. The predicted octanol–water partition coefficient (Wildman–Crippen LogP) is 2.55. The van der Waals surface area contributed by atoms with E-state index in [2.05, 4.69) is 10.4 Å². The van der Waals surface area contributed by atoms with Gasteiger partial charge in [-0.1, -0.05) is 42.5 Å². The third-order valence-corrected chi connectivity index (χ3v) is 2.96. The van der Waals surface area contributed by atoms with Gasteiger partial charge in [-0.15, -0.1) is 0 Å². The molecule has 1 amide bonds. The van der Waals surface area contributed by atoms with Gasteiger partial charge in [-0.3, -0.25) is 4.79 Å². The summed E-state index contributed by atoms with van der Waals surface area (Å²) < 4.78 is 0. The van der Waals surface area contributed by atoms with Gasteiger partial charge < -0.3 is 5.32 Å². The molecule has 0 spiro atoms. The maximum atomic E-state index is 12.2. The van der Waals surface area contributed by atoms with Crippen molar-refractivity contribution in [1.82, 2.24) is 5.01 Å². The standard InChI is InChI=1S/C15H13N3O/c19-15-13-8-4-5-9-14(13)16-11-18(15)17-10-12-6-2-1-3-7-12/h1-10,16H,11H2/b17-10+. The molecule has 0 unspecified atom stereocenters. The van der Waals surface area contributed by atoms with Gasteiger partial charge in [0.1, 0.15) is 6.67 Å². The van der Waals surface area contributed by atoms with Crippen molar-refractivity contribution in [3.8, 4) is 0 Å². The van der Waals surface area contributed by atoms with Gasteiger partial charge in [-0.2, -0.15) is 5.10 Å². The summed E-state index contributed by atoms with van der Waals surface area (Å²) in [6.45, 7) is 0.388. The molecule has 1 aliphatic heterocycles. The third-order valence-electron chi connectivity index (χ3n) is 2.96. The summed E-state index contributed by atoms with van der Waals surface area (Å²) in [6.07, 6.45) is 1.69. The van der Waals surface area contributed by atoms with Crippen molar-refractivity contribution in [3.63, 3.8) is 0 Å². The van der Waals surface area contributed by atoms with Crippen LogP contribution in [0.3, 0.4) is 0 Å². The highest BCUT2D eigenvalue weighted by atomic mass is 16.2. The quantitative estimate of drug-likeness (QED) is 0.834. The molecule has 0 bridgehead atoms. The smallest absolute Gasteiger partial charge is 0.277 e. The van der Waals surface area contributed by atoms with Crippen molar-refractivity contribution in [3.05, 3.63) is 65.7 Å². The molecule has 94 valence electrons. The molecular weight excluding hydrogens is 238 g/mol. The van der Waals surface area contributed by atoms with E-state index in [1.807, 2.05) is 48.5 Å². The molecule has 2 aromatic rings. The second kappa shape index (κ2) is 4.94. The predicted molar refractivity (Wildman–Crippen MR) is 75.1 cm³/mol. The highest BCUT2D eigenvalue weighted by Gasteiger charge is 2.22. The van der Waals surface area contributed by atoms with Crippen LogP contribution in [0.25, 0.3) is 0 Å². The molecule has 3 rings (SSSR count). The Morgan fingerprint density at radius 3 is 2.63 bits per heavy atom. The van der Waals surface area contributed by atoms with Crippen LogP contribution in [0.4, 0.5) is 5.69 Å². The summed E-state index contributed by atoms with van der Waals surface area (Å²) >= 11 is 0. The number of fused-ring (bicyclic) bond motifs is 1. The third kappa shape index (κ3) is 2.33. The number of amides is 1. The number of carbonyl (C=O) groups is 1. The first-order valence-corrected chi connectivity index (χ1v) is 6.08. The number of para-hydroxylation sites is 1. The summed E-state index contributed by atoms with van der Waals surface area (Å²) in [7, 11) is 0. The van der Waals surface area contributed by atoms with Gasteiger partial charge in [-0.05, 0) is 17.7 Å². The fourth-order valence-electron chi connectivity index (χ4n) is 1.96. The molecule has 0 atom stereocenters. The molecule has 0 radical (unpaired) electrons. The fourth-order valence-corrected chi connectivity index (χ4v) is 1.96. The Hall–Kier alpha value is -2.62. The Morgan fingerprint density at radius 2 is 1.79 bits per heavy atom. The molecule has 0 fully saturated rings. The SMILES string of the molecule is O=C1c2ccccc2NCN1/N=C/c1ccccc1. The zero-order valence-corrected chi connectivity index (χ0v) is 10.3. The second-order valence-corrected chi connectivity index (χ2v) is 4.24. The normalized spacial score (nSPS) is 14.3. The molecule has 4 nitrogen and oxygen atoms in total. The van der Waals surface area contributed by atoms with Crippen molar-refractivity contribution in [1.29, 1.82) is 0 Å². The monoisotopic (exact) mass is 251 g/mol. The highest BCUT2D eigenvalue weighted by Crippen LogP contribution is 2.21. The molecule has 0 saturated heterocycles. The summed E-state index contributed by atoms with van der Waals surface area (Å²) in [5.74, 6) is -0.0819. The number of hydrazone groups is 1. The second-order valence-electron chi connectivity index (χ2n) is 4.24. The van der Waals surface area contributed by atoms with Crippen molar-refractivity contribution in [2.45, 2.75) is 0 Å². The highest BCUT2D eigenvalue weighted by molar-refractivity contribution is 6.01. The lowest BCUT2D eigenvalue weighted by Gasteiger charge is -2.25. The Morgan fingerprint density at radius 1 is 1.05 bits per heavy atom. The van der Waals surface area contributed by atoms with Crippen LogP contribution < -0.4 is 5.32 Å². The topological polar surface area (TPSA) is 44.7 Å². The zero-order valence-electron chi connectivity index (χ0n) is 10.3. The van der Waals surface area contributed by atoms with Crippen molar-refractivity contribution in [2.75, 3.05) is 12.0 Å². The van der Waals surface area contributed by atoms with Gasteiger partial charge in [0.15, 0.2) is 0 Å². The van der Waals surface area contributed by atoms with E-state index in [1.54, 1.807) is 12.3 Å². The molecule has 1 N–H and O–H groups in total. The maximum absolute atomic E-state index is 12.2. The van der Waals surface area contributed by atoms with Crippen LogP contribution in [-0.2, 0) is 0 Å². The lowest BCUT2D eigenvalue weighted by Crippen LogP contribution is -2.36. The van der Waals surface area contributed by atoms with E-state index in [-0.39, 0.29) is 5.91 Å². The van der Waals surface area contributed by atoms with Crippen LogP contribution in [0.5, 0.6) is 0 Å². The molecule has 0 aliphatic carbocycles. The van der Waals surface area contributed by atoms with E-state index in [4.69, 9.17) is 0 Å². The first-order valence-electron chi connectivity index (χ1n) is 6.08. The van der Waals surface area contributed by atoms with Gasteiger partial charge in [0.25, 0.3) is 5.91 Å². The first-order chi connectivity index (χ1) is 9.34. The molecule has 2 aromatic carbocycles. The van der Waals surface area contributed by atoms with E-state index in [1.165, 1.54) is 5.01 Å². The number of hydrogen-bond donors (Lipinski definition) is 1. The van der Waals surface area contributed by atoms with Crippen LogP contribution in [0.15, 0.2) is 59.7 Å². The number of anilines is 1. The van der Waals surface area contributed by atoms with Crippen LogP contribution >= 0.6 is 0 Å². The Balaban J connectivity index is 1.81. The average molecular weight is 251 g/mol. The summed E-state index contributed by atoms with van der Waals surface area (Å²) in [6, 6.07) is 17.2. The Bertz CT molecular complexity index is 622. The molecule has 0 aromatic heterocycles. The van der Waals surface area contributed by atoms with Crippen molar-refractivity contribution in [2.24, 2.45) is 5.10 Å². The van der Waals surface area contributed by atoms with Gasteiger partial charge in [0.2, 0.25) is 0 Å². The zero-order chi connectivity index (χ0) is 13.1. The minimum absolute atomic E-state index is 0.0819. The number of nitrogens with one attached hydrogen (secondary N) is 1. The van der Waals surface area contributed by atoms with Gasteiger partial charge in [0, 0.05) is 5.69 Å². The maximum Gasteiger partial charge on any atom is 0.277 e. The van der Waals surface area contributed by atoms with Crippen LogP contribution in [0.2, 0.25) is 0 Å². The number of nitrogens with zero attached hydrogens (tertiary/aromatic N) is 2. The van der Waals surface area contributed by atoms with E-state index >= 15 is 0 Å². The van der Waals surface area contributed by atoms with Gasteiger partial charge in [0.05, 0.1) is 11.8 Å². The first kappa shape index (κ1) is 11.5. The minimum Gasteiger partial charge on any atom is -0.365 e. The van der Waals surface area contributed by atoms with Gasteiger partial charge in [-0.25, -0.2) is 5.01 Å². The average Bonchev–Trinajstić information content (AvgIpc) is 2.48. The Kier molecular flexibility index (Phi) is 2.98. The summed E-state index contributed by atoms with van der Waals surface area (Å²) in [4.78, 5) is 12.2. The van der Waals surface area contributed by atoms with E-state index in [9.17, 15) is 4.79 Å². The molecule has 1 aliphatic rings. The molecular formula is C15H13N3O. The fraction of sp³-hybridized carbons (Fsp3) is 0.0667. The Labute approximate surface area is 111 Å². The summed E-state index contributed by atoms with van der Waals surface area (Å²) in [5, 5.41) is 8.83. The summed E-state index contributed by atoms with van der Waals surface area (Å²) in [5.41, 5.74) is 2.48. The number of hydrogen-bond acceptors (Lipinski definition) is 3. The van der Waals surface area contributed by atoms with Crippen molar-refractivity contribution >= 4 is 17.8 Å². The van der Waals surface area contributed by atoms with Gasteiger partial charge >= 0.3 is 0 Å². The lowest BCUT2D eigenvalue weighted by molar-refractivity contribution is 0.0764. The number of rotatable bonds is 2. The van der Waals surface area contributed by atoms with Crippen LogP contribution in [0.1, 0.15) is 15.9 Å². The molecule has 4 heteroatoms. The minimum atomic E-state index is -0.0819. The molecule has 1 heterocycles. The van der Waals surface area contributed by atoms with E-state index < -0.39 is 0 Å². The van der Waals surface area contributed by atoms with E-state index in [0.29, 0.717) is 12.2 Å². The van der Waals surface area contributed by atoms with Crippen molar-refractivity contribution < 1.29 is 4.79 Å². The number of carbonyl (C=O) groups excluding carboxylic acids is 1.